The average Bonchev–Trinajstić information content (AvgIpc) is 3.44. The third-order valence-corrected chi connectivity index (χ3v) is 5.93. The molecule has 1 aromatic heterocycles. The van der Waals surface area contributed by atoms with Gasteiger partial charge in [0.25, 0.3) is 5.91 Å². The van der Waals surface area contributed by atoms with Crippen LogP contribution in [-0.4, -0.2) is 42.2 Å². The van der Waals surface area contributed by atoms with Gasteiger partial charge in [0.15, 0.2) is 0 Å². The molecule has 7 nitrogen and oxygen atoms in total. The lowest BCUT2D eigenvalue weighted by atomic mass is 10.0. The summed E-state index contributed by atoms with van der Waals surface area (Å²) in [4.78, 5) is 21.1. The van der Waals surface area contributed by atoms with Gasteiger partial charge in [0, 0.05) is 31.4 Å². The van der Waals surface area contributed by atoms with Crippen LogP contribution in [-0.2, 0) is 12.4 Å². The van der Waals surface area contributed by atoms with E-state index in [0.29, 0.717) is 31.5 Å². The Morgan fingerprint density at radius 2 is 1.51 bits per heavy atom. The molecule has 1 atom stereocenters. The van der Waals surface area contributed by atoms with Crippen LogP contribution in [0.25, 0.3) is 0 Å². The topological polar surface area (TPSA) is 115 Å². The Kier molecular flexibility index (Phi) is 8.61. The molecule has 0 spiro atoms. The summed E-state index contributed by atoms with van der Waals surface area (Å²) in [5, 5.41) is 2.62. The summed E-state index contributed by atoms with van der Waals surface area (Å²) in [7, 11) is 0. The van der Waals surface area contributed by atoms with Gasteiger partial charge in [-0.25, -0.2) is 0 Å². The number of pyridine rings is 1. The number of hydrogen-bond donors (Lipinski definition) is 2. The molecular formula is C22H27F6N5O2. The third kappa shape index (κ3) is 6.14. The molecule has 1 amide bonds. The highest BCUT2D eigenvalue weighted by Crippen LogP contribution is 2.37. The number of rotatable bonds is 4. The van der Waals surface area contributed by atoms with Crippen molar-refractivity contribution < 1.29 is 36.6 Å². The van der Waals surface area contributed by atoms with E-state index in [4.69, 9.17) is 0 Å². The molecule has 0 bridgehead atoms. The van der Waals surface area contributed by atoms with E-state index in [1.807, 2.05) is 11.0 Å². The first-order valence-electron chi connectivity index (χ1n) is 10.6. The maximum Gasteiger partial charge on any atom is 0.416 e. The van der Waals surface area contributed by atoms with Crippen LogP contribution >= 0.6 is 0 Å². The van der Waals surface area contributed by atoms with E-state index in [9.17, 15) is 31.1 Å². The van der Waals surface area contributed by atoms with Crippen molar-refractivity contribution in [2.75, 3.05) is 29.4 Å². The molecule has 0 saturated carbocycles. The Bertz CT molecular complexity index is 992. The number of carbonyl (C=O) groups is 1. The van der Waals surface area contributed by atoms with Crippen molar-refractivity contribution in [2.45, 2.75) is 44.2 Å². The minimum absolute atomic E-state index is 0. The van der Waals surface area contributed by atoms with Crippen LogP contribution in [0.4, 0.5) is 37.7 Å². The van der Waals surface area contributed by atoms with Gasteiger partial charge in [-0.1, -0.05) is 0 Å². The van der Waals surface area contributed by atoms with Crippen LogP contribution in [0, 0.1) is 0 Å². The normalized spacial score (nSPS) is 18.2. The van der Waals surface area contributed by atoms with Gasteiger partial charge < -0.3 is 26.7 Å². The summed E-state index contributed by atoms with van der Waals surface area (Å²) in [5.74, 6) is -0.991. The van der Waals surface area contributed by atoms with Gasteiger partial charge in [0.1, 0.15) is 6.17 Å². The van der Waals surface area contributed by atoms with Crippen molar-refractivity contribution in [3.05, 3.63) is 53.3 Å². The molecular weight excluding hydrogens is 480 g/mol. The summed E-state index contributed by atoms with van der Waals surface area (Å²) < 4.78 is 79.0. The third-order valence-electron chi connectivity index (χ3n) is 5.93. The molecule has 4 rings (SSSR count). The zero-order valence-electron chi connectivity index (χ0n) is 18.7. The second-order valence-electron chi connectivity index (χ2n) is 8.18. The van der Waals surface area contributed by atoms with E-state index in [1.165, 1.54) is 0 Å². The van der Waals surface area contributed by atoms with Crippen molar-refractivity contribution in [1.29, 1.82) is 0 Å². The van der Waals surface area contributed by atoms with Crippen LogP contribution in [0.5, 0.6) is 0 Å². The van der Waals surface area contributed by atoms with Crippen molar-refractivity contribution in [2.24, 2.45) is 0 Å². The molecule has 35 heavy (non-hydrogen) atoms. The second kappa shape index (κ2) is 10.7. The maximum absolute atomic E-state index is 13.2. The van der Waals surface area contributed by atoms with Crippen molar-refractivity contribution in [3.63, 3.8) is 0 Å². The molecule has 3 heterocycles. The Morgan fingerprint density at radius 1 is 0.914 bits per heavy atom. The van der Waals surface area contributed by atoms with Crippen molar-refractivity contribution >= 4 is 17.3 Å². The Labute approximate surface area is 198 Å². The summed E-state index contributed by atoms with van der Waals surface area (Å²) in [6.07, 6.45) is -3.95. The molecule has 194 valence electrons. The zero-order chi connectivity index (χ0) is 23.8. The SMILES string of the molecule is N.O.O=C(NC1CCCN1c1cnccc1N1CCCC1)c1cc(C(F)(F)F)cc(C(F)(F)F)c1. The highest BCUT2D eigenvalue weighted by atomic mass is 19.4. The fourth-order valence-corrected chi connectivity index (χ4v) is 4.35. The highest BCUT2D eigenvalue weighted by molar-refractivity contribution is 5.95. The first-order chi connectivity index (χ1) is 15.5. The summed E-state index contributed by atoms with van der Waals surface area (Å²) in [6.45, 7) is 2.34. The Morgan fingerprint density at radius 3 is 2.09 bits per heavy atom. The van der Waals surface area contributed by atoms with Crippen molar-refractivity contribution in [1.82, 2.24) is 16.5 Å². The largest absolute Gasteiger partial charge is 0.416 e. The van der Waals surface area contributed by atoms with E-state index in [1.54, 1.807) is 12.4 Å². The fourth-order valence-electron chi connectivity index (χ4n) is 4.35. The monoisotopic (exact) mass is 507 g/mol. The van der Waals surface area contributed by atoms with E-state index in [2.05, 4.69) is 15.2 Å². The lowest BCUT2D eigenvalue weighted by Gasteiger charge is -2.31. The number of nitrogens with one attached hydrogen (secondary N) is 1. The minimum Gasteiger partial charge on any atom is -0.412 e. The molecule has 1 unspecified atom stereocenters. The molecule has 13 heteroatoms. The minimum atomic E-state index is -5.02. The number of anilines is 2. The molecule has 0 radical (unpaired) electrons. The molecule has 2 aromatic rings. The average molecular weight is 507 g/mol. The van der Waals surface area contributed by atoms with E-state index in [-0.39, 0.29) is 17.7 Å². The molecule has 6 N–H and O–H groups in total. The van der Waals surface area contributed by atoms with Gasteiger partial charge in [-0.05, 0) is 49.9 Å². The molecule has 2 saturated heterocycles. The Balaban J connectivity index is 0.00000216. The van der Waals surface area contributed by atoms with Gasteiger partial charge >= 0.3 is 12.4 Å². The van der Waals surface area contributed by atoms with Gasteiger partial charge in [-0.2, -0.15) is 26.3 Å². The first-order valence-corrected chi connectivity index (χ1v) is 10.6. The van der Waals surface area contributed by atoms with E-state index < -0.39 is 41.1 Å². The number of alkyl halides is 6. The number of hydrogen-bond acceptors (Lipinski definition) is 5. The van der Waals surface area contributed by atoms with Crippen LogP contribution < -0.4 is 21.3 Å². The number of nitrogens with zero attached hydrogens (tertiary/aromatic N) is 3. The molecule has 2 aliphatic heterocycles. The summed E-state index contributed by atoms with van der Waals surface area (Å²) in [6, 6.07) is 2.78. The van der Waals surface area contributed by atoms with E-state index in [0.717, 1.165) is 37.3 Å². The van der Waals surface area contributed by atoms with Gasteiger partial charge in [-0.15, -0.1) is 0 Å². The summed E-state index contributed by atoms with van der Waals surface area (Å²) in [5.41, 5.74) is -2.00. The van der Waals surface area contributed by atoms with E-state index >= 15 is 0 Å². The predicted molar refractivity (Wildman–Crippen MR) is 119 cm³/mol. The fraction of sp³-hybridized carbons (Fsp3) is 0.455. The van der Waals surface area contributed by atoms with Gasteiger partial charge in [0.2, 0.25) is 0 Å². The number of aromatic nitrogens is 1. The van der Waals surface area contributed by atoms with Crippen LogP contribution in [0.2, 0.25) is 0 Å². The standard InChI is InChI=1S/C22H22F6N4O.H3N.H2O/c23-21(24,25)15-10-14(11-16(12-15)22(26,27)28)20(33)30-19-4-3-9-32(19)18-13-29-6-5-17(18)31-7-1-2-8-31;;/h5-6,10-13,19H,1-4,7-9H2,(H,30,33);1H3;1H2. The zero-order valence-corrected chi connectivity index (χ0v) is 18.7. The lowest BCUT2D eigenvalue weighted by Crippen LogP contribution is -2.45. The number of amides is 1. The smallest absolute Gasteiger partial charge is 0.412 e. The quantitative estimate of drug-likeness (QED) is 0.595. The number of benzene rings is 1. The highest BCUT2D eigenvalue weighted by Gasteiger charge is 2.38. The first kappa shape index (κ1) is 28.2. The maximum atomic E-state index is 13.2. The Hall–Kier alpha value is -3.06. The lowest BCUT2D eigenvalue weighted by molar-refractivity contribution is -0.143. The van der Waals surface area contributed by atoms with Crippen molar-refractivity contribution in [3.8, 4) is 0 Å². The number of carbonyl (C=O) groups excluding carboxylic acids is 1. The molecule has 2 aliphatic rings. The molecule has 2 fully saturated rings. The van der Waals surface area contributed by atoms with Gasteiger partial charge in [-0.3, -0.25) is 9.78 Å². The second-order valence-corrected chi connectivity index (χ2v) is 8.18. The van der Waals surface area contributed by atoms with Crippen LogP contribution in [0.3, 0.4) is 0 Å². The number of halogens is 6. The van der Waals surface area contributed by atoms with Crippen LogP contribution in [0.1, 0.15) is 47.2 Å². The van der Waals surface area contributed by atoms with Gasteiger partial charge in [0.05, 0.1) is 28.7 Å². The van der Waals surface area contributed by atoms with Crippen LogP contribution in [0.15, 0.2) is 36.7 Å². The molecule has 0 aliphatic carbocycles. The predicted octanol–water partition coefficient (Wildman–Crippen LogP) is 4.41. The summed E-state index contributed by atoms with van der Waals surface area (Å²) >= 11 is 0. The molecule has 1 aromatic carbocycles.